The van der Waals surface area contributed by atoms with Crippen molar-refractivity contribution in [3.05, 3.63) is 48.3 Å². The Labute approximate surface area is 149 Å². The van der Waals surface area contributed by atoms with Crippen molar-refractivity contribution in [2.24, 2.45) is 5.92 Å². The van der Waals surface area contributed by atoms with Crippen molar-refractivity contribution >= 4 is 17.3 Å². The third-order valence-electron chi connectivity index (χ3n) is 4.51. The van der Waals surface area contributed by atoms with E-state index in [0.717, 1.165) is 43.1 Å². The van der Waals surface area contributed by atoms with Gasteiger partial charge < -0.3 is 15.0 Å². The highest BCUT2D eigenvalue weighted by molar-refractivity contribution is 5.92. The number of likely N-dealkylation sites (tertiary alicyclic amines) is 1. The second-order valence-electron chi connectivity index (χ2n) is 6.49. The van der Waals surface area contributed by atoms with Crippen molar-refractivity contribution in [2.45, 2.75) is 26.7 Å². The summed E-state index contributed by atoms with van der Waals surface area (Å²) in [6, 6.07) is 11.4. The first-order valence-electron chi connectivity index (χ1n) is 8.91. The molecule has 25 heavy (non-hydrogen) atoms. The predicted octanol–water partition coefficient (Wildman–Crippen LogP) is 4.10. The molecule has 1 aromatic heterocycles. The Morgan fingerprint density at radius 2 is 1.84 bits per heavy atom. The van der Waals surface area contributed by atoms with Crippen LogP contribution in [0.3, 0.4) is 0 Å². The second kappa shape index (κ2) is 8.01. The highest BCUT2D eigenvalue weighted by atomic mass is 16.5. The van der Waals surface area contributed by atoms with Crippen LogP contribution in [0.2, 0.25) is 0 Å². The van der Waals surface area contributed by atoms with E-state index in [2.05, 4.69) is 17.2 Å². The van der Waals surface area contributed by atoms with Crippen LogP contribution in [-0.4, -0.2) is 35.5 Å². The molecule has 1 N–H and O–H groups in total. The van der Waals surface area contributed by atoms with E-state index in [1.54, 1.807) is 12.3 Å². The second-order valence-corrected chi connectivity index (χ2v) is 6.49. The summed E-state index contributed by atoms with van der Waals surface area (Å²) in [6.45, 7) is 6.51. The minimum absolute atomic E-state index is 0.0273. The minimum atomic E-state index is 0.0273. The Morgan fingerprint density at radius 3 is 2.44 bits per heavy atom. The zero-order chi connectivity index (χ0) is 17.6. The molecule has 0 atom stereocenters. The van der Waals surface area contributed by atoms with E-state index in [0.29, 0.717) is 18.2 Å². The van der Waals surface area contributed by atoms with Gasteiger partial charge in [-0.25, -0.2) is 4.98 Å². The SMILES string of the molecule is CCOc1ccc(Nc2ccc(C(=O)N3CCC(C)CC3)nc2)cc1. The molecule has 0 unspecified atom stereocenters. The highest BCUT2D eigenvalue weighted by Gasteiger charge is 2.22. The minimum Gasteiger partial charge on any atom is -0.494 e. The molecule has 1 saturated heterocycles. The zero-order valence-corrected chi connectivity index (χ0v) is 14.9. The van der Waals surface area contributed by atoms with E-state index >= 15 is 0 Å². The van der Waals surface area contributed by atoms with Gasteiger partial charge in [0, 0.05) is 18.8 Å². The number of nitrogens with zero attached hydrogens (tertiary/aromatic N) is 2. The van der Waals surface area contributed by atoms with Gasteiger partial charge >= 0.3 is 0 Å². The van der Waals surface area contributed by atoms with Crippen molar-refractivity contribution in [3.8, 4) is 5.75 Å². The number of nitrogens with one attached hydrogen (secondary N) is 1. The van der Waals surface area contributed by atoms with Gasteiger partial charge in [-0.05, 0) is 62.1 Å². The number of rotatable bonds is 5. The molecule has 2 aromatic rings. The van der Waals surface area contributed by atoms with Gasteiger partial charge in [-0.2, -0.15) is 0 Å². The summed E-state index contributed by atoms with van der Waals surface area (Å²) in [4.78, 5) is 18.7. The predicted molar refractivity (Wildman–Crippen MR) is 99.4 cm³/mol. The number of hydrogen-bond donors (Lipinski definition) is 1. The first-order valence-corrected chi connectivity index (χ1v) is 8.91. The van der Waals surface area contributed by atoms with Crippen LogP contribution in [0.4, 0.5) is 11.4 Å². The Hall–Kier alpha value is -2.56. The summed E-state index contributed by atoms with van der Waals surface area (Å²) >= 11 is 0. The largest absolute Gasteiger partial charge is 0.494 e. The molecule has 5 nitrogen and oxygen atoms in total. The fourth-order valence-corrected chi connectivity index (χ4v) is 2.94. The number of amides is 1. The molecule has 132 valence electrons. The Bertz CT molecular complexity index is 690. The molecule has 0 bridgehead atoms. The summed E-state index contributed by atoms with van der Waals surface area (Å²) in [5.41, 5.74) is 2.31. The number of pyridine rings is 1. The first-order chi connectivity index (χ1) is 12.2. The average Bonchev–Trinajstić information content (AvgIpc) is 2.64. The Kier molecular flexibility index (Phi) is 5.53. The third-order valence-corrected chi connectivity index (χ3v) is 4.51. The molecule has 1 aliphatic rings. The molecule has 5 heteroatoms. The van der Waals surface area contributed by atoms with Crippen LogP contribution in [0.5, 0.6) is 5.75 Å². The van der Waals surface area contributed by atoms with Gasteiger partial charge in [0.2, 0.25) is 0 Å². The van der Waals surface area contributed by atoms with E-state index in [1.165, 1.54) is 0 Å². The lowest BCUT2D eigenvalue weighted by Crippen LogP contribution is -2.38. The molecule has 2 heterocycles. The summed E-state index contributed by atoms with van der Waals surface area (Å²) in [5, 5.41) is 3.28. The van der Waals surface area contributed by atoms with Crippen molar-refractivity contribution < 1.29 is 9.53 Å². The smallest absolute Gasteiger partial charge is 0.272 e. The van der Waals surface area contributed by atoms with Crippen molar-refractivity contribution in [1.82, 2.24) is 9.88 Å². The van der Waals surface area contributed by atoms with Crippen LogP contribution in [0.1, 0.15) is 37.2 Å². The molecule has 1 aromatic carbocycles. The number of hydrogen-bond acceptors (Lipinski definition) is 4. The lowest BCUT2D eigenvalue weighted by Gasteiger charge is -2.30. The highest BCUT2D eigenvalue weighted by Crippen LogP contribution is 2.21. The first kappa shape index (κ1) is 17.3. The average molecular weight is 339 g/mol. The normalized spacial score (nSPS) is 15.0. The van der Waals surface area contributed by atoms with Gasteiger partial charge in [-0.1, -0.05) is 6.92 Å². The molecular formula is C20H25N3O2. The molecule has 3 rings (SSSR count). The van der Waals surface area contributed by atoms with E-state index < -0.39 is 0 Å². The fourth-order valence-electron chi connectivity index (χ4n) is 2.94. The molecule has 0 aliphatic carbocycles. The quantitative estimate of drug-likeness (QED) is 0.891. The van der Waals surface area contributed by atoms with E-state index in [1.807, 2.05) is 42.2 Å². The molecule has 1 fully saturated rings. The molecular weight excluding hydrogens is 314 g/mol. The number of aromatic nitrogens is 1. The number of benzene rings is 1. The lowest BCUT2D eigenvalue weighted by molar-refractivity contribution is 0.0691. The molecule has 0 saturated carbocycles. The van der Waals surface area contributed by atoms with Crippen LogP contribution in [0.15, 0.2) is 42.6 Å². The van der Waals surface area contributed by atoms with Gasteiger partial charge in [0.15, 0.2) is 0 Å². The number of carbonyl (C=O) groups is 1. The maximum Gasteiger partial charge on any atom is 0.272 e. The summed E-state index contributed by atoms with van der Waals surface area (Å²) in [6.07, 6.45) is 3.85. The van der Waals surface area contributed by atoms with Gasteiger partial charge in [-0.3, -0.25) is 4.79 Å². The third kappa shape index (κ3) is 4.50. The summed E-state index contributed by atoms with van der Waals surface area (Å²) in [7, 11) is 0. The van der Waals surface area contributed by atoms with E-state index in [4.69, 9.17) is 4.74 Å². The number of anilines is 2. The maximum absolute atomic E-state index is 12.5. The molecule has 1 amide bonds. The Morgan fingerprint density at radius 1 is 1.16 bits per heavy atom. The van der Waals surface area contributed by atoms with Crippen LogP contribution in [-0.2, 0) is 0 Å². The van der Waals surface area contributed by atoms with Crippen LogP contribution >= 0.6 is 0 Å². The standard InChI is InChI=1S/C20H25N3O2/c1-3-25-18-7-4-16(5-8-18)22-17-6-9-19(21-14-17)20(24)23-12-10-15(2)11-13-23/h4-9,14-15,22H,3,10-13H2,1-2H3. The molecule has 1 aliphatic heterocycles. The van der Waals surface area contributed by atoms with Crippen molar-refractivity contribution in [3.63, 3.8) is 0 Å². The topological polar surface area (TPSA) is 54.5 Å². The van der Waals surface area contributed by atoms with Crippen molar-refractivity contribution in [1.29, 1.82) is 0 Å². The molecule has 0 spiro atoms. The monoisotopic (exact) mass is 339 g/mol. The van der Waals surface area contributed by atoms with E-state index in [-0.39, 0.29) is 5.91 Å². The summed E-state index contributed by atoms with van der Waals surface area (Å²) < 4.78 is 5.44. The zero-order valence-electron chi connectivity index (χ0n) is 14.9. The van der Waals surface area contributed by atoms with Gasteiger partial charge in [0.05, 0.1) is 18.5 Å². The van der Waals surface area contributed by atoms with Crippen LogP contribution in [0, 0.1) is 5.92 Å². The number of piperidine rings is 1. The van der Waals surface area contributed by atoms with E-state index in [9.17, 15) is 4.79 Å². The van der Waals surface area contributed by atoms with Crippen LogP contribution < -0.4 is 10.1 Å². The molecule has 0 radical (unpaired) electrons. The van der Waals surface area contributed by atoms with Crippen LogP contribution in [0.25, 0.3) is 0 Å². The number of carbonyl (C=O) groups excluding carboxylic acids is 1. The van der Waals surface area contributed by atoms with Gasteiger partial charge in [-0.15, -0.1) is 0 Å². The fraction of sp³-hybridized carbons (Fsp3) is 0.400. The maximum atomic E-state index is 12.5. The van der Waals surface area contributed by atoms with Gasteiger partial charge in [0.25, 0.3) is 5.91 Å². The number of ether oxygens (including phenoxy) is 1. The Balaban J connectivity index is 1.60. The summed E-state index contributed by atoms with van der Waals surface area (Å²) in [5.74, 6) is 1.58. The van der Waals surface area contributed by atoms with Gasteiger partial charge in [0.1, 0.15) is 11.4 Å². The lowest BCUT2D eigenvalue weighted by atomic mass is 9.99. The van der Waals surface area contributed by atoms with Crippen molar-refractivity contribution in [2.75, 3.05) is 25.0 Å².